The van der Waals surface area contributed by atoms with Gasteiger partial charge in [-0.3, -0.25) is 5.43 Å². The van der Waals surface area contributed by atoms with Crippen LogP contribution in [0.1, 0.15) is 12.5 Å². The van der Waals surface area contributed by atoms with Crippen molar-refractivity contribution in [2.24, 2.45) is 5.10 Å². The number of H-pyrrole nitrogens is 1. The van der Waals surface area contributed by atoms with Crippen molar-refractivity contribution in [2.75, 3.05) is 0 Å². The van der Waals surface area contributed by atoms with E-state index < -0.39 is 5.72 Å². The maximum absolute atomic E-state index is 14.3. The number of benzene rings is 3. The number of hydrazone groups is 1. The summed E-state index contributed by atoms with van der Waals surface area (Å²) in [6.45, 7) is 1.94. The molecule has 0 fully saturated rings. The van der Waals surface area contributed by atoms with Crippen molar-refractivity contribution in [1.82, 2.24) is 10.4 Å². The number of rotatable bonds is 3. The van der Waals surface area contributed by atoms with Crippen LogP contribution in [0.25, 0.3) is 33.3 Å². The molecule has 4 nitrogen and oxygen atoms in total. The highest BCUT2D eigenvalue weighted by atomic mass is 35.5. The maximum atomic E-state index is 14.3. The maximum Gasteiger partial charge on any atom is 0.220 e. The van der Waals surface area contributed by atoms with E-state index in [1.54, 1.807) is 12.1 Å². The summed E-state index contributed by atoms with van der Waals surface area (Å²) in [5, 5.41) is 5.34. The van der Waals surface area contributed by atoms with E-state index in [1.807, 2.05) is 49.4 Å². The lowest BCUT2D eigenvalue weighted by atomic mass is 9.93. The molecular formula is C23H17ClFN3O. The van der Waals surface area contributed by atoms with Crippen molar-refractivity contribution >= 4 is 28.9 Å². The van der Waals surface area contributed by atoms with Crippen LogP contribution in [0.5, 0.6) is 0 Å². The van der Waals surface area contributed by atoms with Crippen LogP contribution in [-0.4, -0.2) is 11.4 Å². The molecule has 0 spiro atoms. The third kappa shape index (κ3) is 2.95. The first kappa shape index (κ1) is 17.8. The molecule has 0 aliphatic carbocycles. The second-order valence-corrected chi connectivity index (χ2v) is 7.53. The molecule has 0 saturated heterocycles. The highest BCUT2D eigenvalue weighted by Crippen LogP contribution is 2.37. The molecule has 3 aromatic carbocycles. The molecular weight excluding hydrogens is 389 g/mol. The number of hydrogen-bond acceptors (Lipinski definition) is 3. The van der Waals surface area contributed by atoms with Crippen LogP contribution in [0.3, 0.4) is 0 Å². The van der Waals surface area contributed by atoms with Gasteiger partial charge in [-0.2, -0.15) is 0 Å². The molecule has 1 unspecified atom stereocenters. The molecule has 0 saturated carbocycles. The van der Waals surface area contributed by atoms with E-state index in [2.05, 4.69) is 21.6 Å². The molecule has 29 heavy (non-hydrogen) atoms. The summed E-state index contributed by atoms with van der Waals surface area (Å²) >= 11 is 6.23. The Hall–Kier alpha value is -3.31. The van der Waals surface area contributed by atoms with Gasteiger partial charge >= 0.3 is 0 Å². The van der Waals surface area contributed by atoms with Gasteiger partial charge in [-0.05, 0) is 41.5 Å². The van der Waals surface area contributed by atoms with Crippen molar-refractivity contribution in [3.63, 3.8) is 0 Å². The molecule has 0 bridgehead atoms. The van der Waals surface area contributed by atoms with E-state index in [0.717, 1.165) is 27.6 Å². The third-order valence-corrected chi connectivity index (χ3v) is 5.54. The van der Waals surface area contributed by atoms with Crippen molar-refractivity contribution in [1.29, 1.82) is 0 Å². The van der Waals surface area contributed by atoms with Gasteiger partial charge in [0.1, 0.15) is 5.82 Å². The Bertz CT molecular complexity index is 1240. The normalized spacial score (nSPS) is 18.0. The van der Waals surface area contributed by atoms with Gasteiger partial charge in [-0.15, -0.1) is 5.10 Å². The summed E-state index contributed by atoms with van der Waals surface area (Å²) in [5.41, 5.74) is 7.25. The minimum Gasteiger partial charge on any atom is -0.451 e. The van der Waals surface area contributed by atoms with Gasteiger partial charge in [-0.25, -0.2) is 4.39 Å². The first-order valence-electron chi connectivity index (χ1n) is 9.19. The minimum absolute atomic E-state index is 0.355. The van der Waals surface area contributed by atoms with E-state index >= 15 is 0 Å². The first-order valence-corrected chi connectivity index (χ1v) is 9.56. The van der Waals surface area contributed by atoms with E-state index in [0.29, 0.717) is 16.3 Å². The van der Waals surface area contributed by atoms with Gasteiger partial charge in [0.05, 0.1) is 16.3 Å². The first-order chi connectivity index (χ1) is 14.0. The monoisotopic (exact) mass is 405 g/mol. The zero-order chi connectivity index (χ0) is 20.0. The van der Waals surface area contributed by atoms with Gasteiger partial charge in [0.2, 0.25) is 5.72 Å². The summed E-state index contributed by atoms with van der Waals surface area (Å²) in [7, 11) is 0. The summed E-state index contributed by atoms with van der Waals surface area (Å²) in [6.07, 6.45) is 1.41. The van der Waals surface area contributed by atoms with Crippen LogP contribution in [0.4, 0.5) is 4.39 Å². The molecule has 0 amide bonds. The lowest BCUT2D eigenvalue weighted by Crippen LogP contribution is -2.34. The smallest absolute Gasteiger partial charge is 0.220 e. The Labute approximate surface area is 172 Å². The zero-order valence-corrected chi connectivity index (χ0v) is 16.3. The predicted molar refractivity (Wildman–Crippen MR) is 114 cm³/mol. The standard InChI is InChI=1S/C23H17ClFN3O/c1-23(28-26-13-29-23)17-6-3-2-5-16(17)14-9-10-20-15(11-14)12-21(27-20)22-18(24)7-4-8-19(22)25/h2-13,27-28H,1H3. The Balaban J connectivity index is 1.62. The molecule has 5 rings (SSSR count). The molecule has 144 valence electrons. The van der Waals surface area contributed by atoms with Crippen LogP contribution < -0.4 is 5.43 Å². The van der Waals surface area contributed by atoms with Crippen LogP contribution in [0.2, 0.25) is 5.02 Å². The molecule has 2 heterocycles. The number of fused-ring (bicyclic) bond motifs is 1. The Morgan fingerprint density at radius 2 is 1.90 bits per heavy atom. The number of nitrogens with zero attached hydrogens (tertiary/aromatic N) is 1. The largest absolute Gasteiger partial charge is 0.451 e. The summed E-state index contributed by atoms with van der Waals surface area (Å²) in [6, 6.07) is 20.7. The molecule has 1 aliphatic rings. The lowest BCUT2D eigenvalue weighted by molar-refractivity contribution is 0.0732. The minimum atomic E-state index is -0.727. The Morgan fingerprint density at radius 1 is 1.03 bits per heavy atom. The van der Waals surface area contributed by atoms with Crippen molar-refractivity contribution < 1.29 is 9.13 Å². The number of aromatic nitrogens is 1. The highest BCUT2D eigenvalue weighted by Gasteiger charge is 2.33. The number of aromatic amines is 1. The number of nitrogens with one attached hydrogen (secondary N) is 2. The molecule has 1 aromatic heterocycles. The van der Waals surface area contributed by atoms with Crippen molar-refractivity contribution in [2.45, 2.75) is 12.6 Å². The molecule has 4 aromatic rings. The van der Waals surface area contributed by atoms with Crippen LogP contribution >= 0.6 is 11.6 Å². The number of halogens is 2. The van der Waals surface area contributed by atoms with Gasteiger partial charge in [-0.1, -0.05) is 48.0 Å². The van der Waals surface area contributed by atoms with Gasteiger partial charge in [0.25, 0.3) is 0 Å². The van der Waals surface area contributed by atoms with Crippen LogP contribution in [0.15, 0.2) is 71.8 Å². The third-order valence-electron chi connectivity index (χ3n) is 5.22. The second kappa shape index (κ2) is 6.64. The van der Waals surface area contributed by atoms with Crippen LogP contribution in [0, 0.1) is 5.82 Å². The topological polar surface area (TPSA) is 49.4 Å². The molecule has 6 heteroatoms. The average Bonchev–Trinajstić information content (AvgIpc) is 3.34. The fraction of sp³-hybridized carbons (Fsp3) is 0.0870. The quantitative estimate of drug-likeness (QED) is 0.437. The zero-order valence-electron chi connectivity index (χ0n) is 15.5. The SMILES string of the molecule is CC1(c2ccccc2-c2ccc3[nH]c(-c4c(F)cccc4Cl)cc3c2)NN=CO1. The number of ether oxygens (including phenoxy) is 1. The van der Waals surface area contributed by atoms with Gasteiger partial charge < -0.3 is 9.72 Å². The Kier molecular flexibility index (Phi) is 4.07. The van der Waals surface area contributed by atoms with Crippen LogP contribution in [-0.2, 0) is 10.5 Å². The summed E-state index contributed by atoms with van der Waals surface area (Å²) in [4.78, 5) is 3.27. The van der Waals surface area contributed by atoms with Gasteiger partial charge in [0, 0.05) is 23.4 Å². The van der Waals surface area contributed by atoms with Crippen molar-refractivity contribution in [3.8, 4) is 22.4 Å². The molecule has 1 atom stereocenters. The fourth-order valence-corrected chi connectivity index (χ4v) is 4.04. The Morgan fingerprint density at radius 3 is 2.69 bits per heavy atom. The summed E-state index contributed by atoms with van der Waals surface area (Å²) < 4.78 is 20.0. The highest BCUT2D eigenvalue weighted by molar-refractivity contribution is 6.33. The average molecular weight is 406 g/mol. The predicted octanol–water partition coefficient (Wildman–Crippen LogP) is 6.03. The van der Waals surface area contributed by atoms with E-state index in [4.69, 9.17) is 16.3 Å². The molecule has 1 aliphatic heterocycles. The van der Waals surface area contributed by atoms with Crippen molar-refractivity contribution in [3.05, 3.63) is 83.1 Å². The fourth-order valence-electron chi connectivity index (χ4n) is 3.77. The van der Waals surface area contributed by atoms with E-state index in [-0.39, 0.29) is 5.82 Å². The number of hydrogen-bond donors (Lipinski definition) is 2. The molecule has 2 N–H and O–H groups in total. The van der Waals surface area contributed by atoms with Gasteiger partial charge in [0.15, 0.2) is 6.40 Å². The molecule has 0 radical (unpaired) electrons. The lowest BCUT2D eigenvalue weighted by Gasteiger charge is -2.25. The van der Waals surface area contributed by atoms with E-state index in [9.17, 15) is 4.39 Å². The second-order valence-electron chi connectivity index (χ2n) is 7.12. The van der Waals surface area contributed by atoms with E-state index in [1.165, 1.54) is 12.5 Å². The summed E-state index contributed by atoms with van der Waals surface area (Å²) in [5.74, 6) is -0.355.